The van der Waals surface area contributed by atoms with Gasteiger partial charge in [-0.3, -0.25) is 4.79 Å². The van der Waals surface area contributed by atoms with Gasteiger partial charge in [-0.2, -0.15) is 5.26 Å². The molecule has 4 nitrogen and oxygen atoms in total. The van der Waals surface area contributed by atoms with Crippen molar-refractivity contribution < 1.29 is 9.18 Å². The number of nitrogens with two attached hydrogens (primary N) is 1. The fourth-order valence-electron chi connectivity index (χ4n) is 1.50. The third-order valence-electron chi connectivity index (χ3n) is 2.57. The topological polar surface area (TPSA) is 78.9 Å². The molecule has 0 radical (unpaired) electrons. The van der Waals surface area contributed by atoms with Gasteiger partial charge in [-0.15, -0.1) is 0 Å². The van der Waals surface area contributed by atoms with Gasteiger partial charge in [0.25, 0.3) is 0 Å². The normalized spacial score (nSPS) is 11.7. The Morgan fingerprint density at radius 3 is 2.94 bits per heavy atom. The van der Waals surface area contributed by atoms with Gasteiger partial charge in [0.05, 0.1) is 17.3 Å². The Balaban J connectivity index is 2.73. The standard InChI is InChI=1S/C13H16FN3O/c1-2-3-4-11(16)13(18)17-12-6-5-10(14)7-9(12)8-15/h5-7,11H,2-4,16H2,1H3,(H,17,18). The highest BCUT2D eigenvalue weighted by Crippen LogP contribution is 2.16. The Bertz CT molecular complexity index is 468. The Labute approximate surface area is 106 Å². The van der Waals surface area contributed by atoms with E-state index in [1.165, 1.54) is 12.1 Å². The van der Waals surface area contributed by atoms with Crippen LogP contribution < -0.4 is 11.1 Å². The minimum Gasteiger partial charge on any atom is -0.324 e. The zero-order chi connectivity index (χ0) is 13.5. The van der Waals surface area contributed by atoms with Crippen molar-refractivity contribution in [1.82, 2.24) is 0 Å². The number of nitrogens with one attached hydrogen (secondary N) is 1. The molecule has 1 atom stereocenters. The van der Waals surface area contributed by atoms with Gasteiger partial charge in [-0.1, -0.05) is 19.8 Å². The van der Waals surface area contributed by atoms with Gasteiger partial charge in [-0.25, -0.2) is 4.39 Å². The summed E-state index contributed by atoms with van der Waals surface area (Å²) < 4.78 is 12.9. The molecule has 1 amide bonds. The zero-order valence-corrected chi connectivity index (χ0v) is 10.2. The van der Waals surface area contributed by atoms with Gasteiger partial charge >= 0.3 is 0 Å². The van der Waals surface area contributed by atoms with Crippen molar-refractivity contribution in [2.45, 2.75) is 32.2 Å². The molecule has 1 unspecified atom stereocenters. The van der Waals surface area contributed by atoms with Gasteiger partial charge in [0.2, 0.25) is 5.91 Å². The van der Waals surface area contributed by atoms with Gasteiger partial charge in [-0.05, 0) is 24.6 Å². The maximum Gasteiger partial charge on any atom is 0.241 e. The molecule has 18 heavy (non-hydrogen) atoms. The van der Waals surface area contributed by atoms with Crippen molar-refractivity contribution >= 4 is 11.6 Å². The maximum atomic E-state index is 12.9. The third-order valence-corrected chi connectivity index (χ3v) is 2.57. The van der Waals surface area contributed by atoms with E-state index < -0.39 is 11.9 Å². The second kappa shape index (κ2) is 6.72. The second-order valence-electron chi connectivity index (χ2n) is 4.04. The second-order valence-corrected chi connectivity index (χ2v) is 4.04. The quantitative estimate of drug-likeness (QED) is 0.839. The van der Waals surface area contributed by atoms with Gasteiger partial charge in [0.15, 0.2) is 0 Å². The number of unbranched alkanes of at least 4 members (excludes halogenated alkanes) is 1. The number of carbonyl (C=O) groups is 1. The summed E-state index contributed by atoms with van der Waals surface area (Å²) in [7, 11) is 0. The van der Waals surface area contributed by atoms with Crippen LogP contribution in [0.2, 0.25) is 0 Å². The van der Waals surface area contributed by atoms with Crippen molar-refractivity contribution in [2.75, 3.05) is 5.32 Å². The molecule has 1 aromatic carbocycles. The molecular formula is C13H16FN3O. The summed E-state index contributed by atoms with van der Waals surface area (Å²) in [4.78, 5) is 11.7. The van der Waals surface area contributed by atoms with E-state index in [4.69, 9.17) is 11.0 Å². The third kappa shape index (κ3) is 3.82. The lowest BCUT2D eigenvalue weighted by Crippen LogP contribution is -2.35. The first-order valence-corrected chi connectivity index (χ1v) is 5.84. The molecule has 0 aliphatic rings. The van der Waals surface area contributed by atoms with Gasteiger partial charge < -0.3 is 11.1 Å². The highest BCUT2D eigenvalue weighted by atomic mass is 19.1. The van der Waals surface area contributed by atoms with Crippen LogP contribution in [0.1, 0.15) is 31.7 Å². The van der Waals surface area contributed by atoms with Crippen LogP contribution in [0.5, 0.6) is 0 Å². The smallest absolute Gasteiger partial charge is 0.241 e. The van der Waals surface area contributed by atoms with Crippen LogP contribution in [0.25, 0.3) is 0 Å². The maximum absolute atomic E-state index is 12.9. The van der Waals surface area contributed by atoms with E-state index in [9.17, 15) is 9.18 Å². The average Bonchev–Trinajstić information content (AvgIpc) is 2.37. The molecule has 5 heteroatoms. The van der Waals surface area contributed by atoms with Crippen LogP contribution >= 0.6 is 0 Å². The molecule has 1 rings (SSSR count). The summed E-state index contributed by atoms with van der Waals surface area (Å²) in [6.07, 6.45) is 2.41. The van der Waals surface area contributed by atoms with E-state index in [-0.39, 0.29) is 17.2 Å². The molecule has 96 valence electrons. The molecule has 0 spiro atoms. The van der Waals surface area contributed by atoms with E-state index >= 15 is 0 Å². The Morgan fingerprint density at radius 1 is 1.61 bits per heavy atom. The molecule has 3 N–H and O–H groups in total. The summed E-state index contributed by atoms with van der Waals surface area (Å²) in [5, 5.41) is 11.4. The zero-order valence-electron chi connectivity index (χ0n) is 10.2. The first kappa shape index (κ1) is 14.1. The first-order valence-electron chi connectivity index (χ1n) is 5.84. The van der Waals surface area contributed by atoms with Crippen molar-refractivity contribution in [2.24, 2.45) is 5.73 Å². The number of halogens is 1. The molecule has 0 heterocycles. The molecular weight excluding hydrogens is 233 g/mol. The summed E-state index contributed by atoms with van der Waals surface area (Å²) in [6, 6.07) is 4.84. The van der Waals surface area contributed by atoms with Crippen molar-refractivity contribution in [3.63, 3.8) is 0 Å². The number of amides is 1. The molecule has 0 saturated heterocycles. The molecule has 0 aromatic heterocycles. The van der Waals surface area contributed by atoms with E-state index in [0.717, 1.165) is 18.9 Å². The number of carbonyl (C=O) groups excluding carboxylic acids is 1. The molecule has 0 saturated carbocycles. The van der Waals surface area contributed by atoms with Crippen LogP contribution in [0.3, 0.4) is 0 Å². The van der Waals surface area contributed by atoms with Gasteiger partial charge in [0, 0.05) is 0 Å². The van der Waals surface area contributed by atoms with Crippen LogP contribution in [-0.2, 0) is 4.79 Å². The van der Waals surface area contributed by atoms with Crippen molar-refractivity contribution in [3.8, 4) is 6.07 Å². The molecule has 0 aliphatic carbocycles. The molecule has 0 fully saturated rings. The lowest BCUT2D eigenvalue weighted by atomic mass is 10.1. The summed E-state index contributed by atoms with van der Waals surface area (Å²) in [5.74, 6) is -0.869. The number of rotatable bonds is 5. The number of anilines is 1. The summed E-state index contributed by atoms with van der Waals surface area (Å²) in [6.45, 7) is 2.01. The summed E-state index contributed by atoms with van der Waals surface area (Å²) >= 11 is 0. The van der Waals surface area contributed by atoms with E-state index in [1.807, 2.05) is 13.0 Å². The SMILES string of the molecule is CCCCC(N)C(=O)Nc1ccc(F)cc1C#N. The average molecular weight is 249 g/mol. The largest absolute Gasteiger partial charge is 0.324 e. The number of hydrogen-bond acceptors (Lipinski definition) is 3. The molecule has 0 bridgehead atoms. The Kier molecular flexibility index (Phi) is 5.28. The number of nitriles is 1. The highest BCUT2D eigenvalue weighted by molar-refractivity contribution is 5.95. The Hall–Kier alpha value is -1.93. The first-order chi connectivity index (χ1) is 8.58. The minimum absolute atomic E-state index is 0.0889. The van der Waals surface area contributed by atoms with Crippen LogP contribution in [0.4, 0.5) is 10.1 Å². The lowest BCUT2D eigenvalue weighted by Gasteiger charge is -2.12. The van der Waals surface area contributed by atoms with E-state index in [2.05, 4.69) is 5.32 Å². The van der Waals surface area contributed by atoms with E-state index in [1.54, 1.807) is 0 Å². The van der Waals surface area contributed by atoms with Gasteiger partial charge in [0.1, 0.15) is 11.9 Å². The fraction of sp³-hybridized carbons (Fsp3) is 0.385. The van der Waals surface area contributed by atoms with Crippen LogP contribution in [-0.4, -0.2) is 11.9 Å². The Morgan fingerprint density at radius 2 is 2.33 bits per heavy atom. The highest BCUT2D eigenvalue weighted by Gasteiger charge is 2.14. The van der Waals surface area contributed by atoms with Crippen LogP contribution in [0, 0.1) is 17.1 Å². The lowest BCUT2D eigenvalue weighted by molar-refractivity contribution is -0.117. The predicted octanol–water partition coefficient (Wildman–Crippen LogP) is 2.15. The minimum atomic E-state index is -0.610. The van der Waals surface area contributed by atoms with Crippen molar-refractivity contribution in [1.29, 1.82) is 5.26 Å². The number of benzene rings is 1. The number of hydrogen-bond donors (Lipinski definition) is 2. The predicted molar refractivity (Wildman–Crippen MR) is 67.2 cm³/mol. The van der Waals surface area contributed by atoms with E-state index in [0.29, 0.717) is 6.42 Å². The molecule has 1 aromatic rings. The van der Waals surface area contributed by atoms with Crippen LogP contribution in [0.15, 0.2) is 18.2 Å². The van der Waals surface area contributed by atoms with Crippen molar-refractivity contribution in [3.05, 3.63) is 29.6 Å². The fourth-order valence-corrected chi connectivity index (χ4v) is 1.50. The number of nitrogens with zero attached hydrogens (tertiary/aromatic N) is 1. The monoisotopic (exact) mass is 249 g/mol. The molecule has 0 aliphatic heterocycles. The summed E-state index contributed by atoms with van der Waals surface area (Å²) in [5.41, 5.74) is 6.08.